The van der Waals surface area contributed by atoms with Crippen molar-refractivity contribution in [2.24, 2.45) is 10.9 Å². The van der Waals surface area contributed by atoms with Gasteiger partial charge in [0, 0.05) is 23.7 Å². The minimum atomic E-state index is 0.121. The fourth-order valence-electron chi connectivity index (χ4n) is 2.34. The summed E-state index contributed by atoms with van der Waals surface area (Å²) in [6.45, 7) is 0.806. The number of nitrogens with two attached hydrogens (primary N) is 1. The van der Waals surface area contributed by atoms with Gasteiger partial charge >= 0.3 is 0 Å². The Hall–Kier alpha value is -1.75. The van der Waals surface area contributed by atoms with Gasteiger partial charge in [-0.05, 0) is 38.1 Å². The lowest BCUT2D eigenvalue weighted by atomic mass is 9.91. The van der Waals surface area contributed by atoms with Crippen molar-refractivity contribution >= 4 is 5.84 Å². The van der Waals surface area contributed by atoms with Crippen molar-refractivity contribution in [1.82, 2.24) is 4.90 Å². The minimum Gasteiger partial charge on any atom is -0.496 e. The van der Waals surface area contributed by atoms with Gasteiger partial charge in [-0.25, -0.2) is 0 Å². The van der Waals surface area contributed by atoms with Crippen LogP contribution in [0.1, 0.15) is 30.4 Å². The van der Waals surface area contributed by atoms with E-state index in [9.17, 15) is 0 Å². The number of benzene rings is 1. The van der Waals surface area contributed by atoms with Crippen LogP contribution in [0.25, 0.3) is 0 Å². The zero-order valence-corrected chi connectivity index (χ0v) is 11.5. The number of ether oxygens (including phenoxy) is 1. The first kappa shape index (κ1) is 13.7. The Balaban J connectivity index is 2.20. The average molecular weight is 263 g/mol. The van der Waals surface area contributed by atoms with Crippen LogP contribution >= 0.6 is 0 Å². The molecule has 1 aliphatic carbocycles. The third-order valence-corrected chi connectivity index (χ3v) is 3.80. The Morgan fingerprint density at radius 2 is 2.26 bits per heavy atom. The topological polar surface area (TPSA) is 71.1 Å². The predicted molar refractivity (Wildman–Crippen MR) is 74.6 cm³/mol. The van der Waals surface area contributed by atoms with Crippen molar-refractivity contribution in [2.45, 2.75) is 31.8 Å². The molecule has 0 aromatic heterocycles. The zero-order valence-electron chi connectivity index (χ0n) is 11.5. The first-order chi connectivity index (χ1) is 9.15. The molecule has 1 aliphatic rings. The van der Waals surface area contributed by atoms with Crippen LogP contribution in [0.2, 0.25) is 0 Å². The molecular formula is C14H21N3O2. The van der Waals surface area contributed by atoms with Gasteiger partial charge in [0.25, 0.3) is 0 Å². The van der Waals surface area contributed by atoms with Gasteiger partial charge in [0.15, 0.2) is 5.84 Å². The Bertz CT molecular complexity index is 470. The molecule has 0 radical (unpaired) electrons. The summed E-state index contributed by atoms with van der Waals surface area (Å²) in [5.41, 5.74) is 7.39. The second kappa shape index (κ2) is 5.93. The van der Waals surface area contributed by atoms with Crippen LogP contribution in [0.5, 0.6) is 5.75 Å². The van der Waals surface area contributed by atoms with Gasteiger partial charge in [0.1, 0.15) is 5.75 Å². The number of methoxy groups -OCH3 is 1. The van der Waals surface area contributed by atoms with Crippen LogP contribution in [0, 0.1) is 0 Å². The normalized spacial score (nSPS) is 16.5. The Morgan fingerprint density at radius 3 is 2.79 bits per heavy atom. The van der Waals surface area contributed by atoms with E-state index < -0.39 is 0 Å². The van der Waals surface area contributed by atoms with E-state index in [4.69, 9.17) is 15.7 Å². The number of hydrogen-bond acceptors (Lipinski definition) is 4. The molecule has 1 fully saturated rings. The molecule has 1 aromatic rings. The molecule has 0 unspecified atom stereocenters. The molecule has 0 saturated heterocycles. The van der Waals surface area contributed by atoms with Crippen LogP contribution in [-0.4, -0.2) is 36.1 Å². The highest BCUT2D eigenvalue weighted by atomic mass is 16.5. The second-order valence-electron chi connectivity index (χ2n) is 5.01. The summed E-state index contributed by atoms with van der Waals surface area (Å²) in [4.78, 5) is 2.33. The van der Waals surface area contributed by atoms with Crippen molar-refractivity contribution in [3.63, 3.8) is 0 Å². The van der Waals surface area contributed by atoms with Crippen molar-refractivity contribution in [2.75, 3.05) is 14.2 Å². The van der Waals surface area contributed by atoms with Crippen molar-refractivity contribution in [3.05, 3.63) is 29.3 Å². The van der Waals surface area contributed by atoms with Crippen molar-refractivity contribution in [1.29, 1.82) is 0 Å². The van der Waals surface area contributed by atoms with E-state index in [1.165, 1.54) is 19.3 Å². The van der Waals surface area contributed by atoms with Crippen molar-refractivity contribution < 1.29 is 9.94 Å². The summed E-state index contributed by atoms with van der Waals surface area (Å²) < 4.78 is 5.38. The average Bonchev–Trinajstić information content (AvgIpc) is 2.35. The molecule has 1 saturated carbocycles. The van der Waals surface area contributed by atoms with E-state index in [0.29, 0.717) is 11.6 Å². The molecule has 2 rings (SSSR count). The molecule has 5 heteroatoms. The maximum Gasteiger partial charge on any atom is 0.170 e. The van der Waals surface area contributed by atoms with Gasteiger partial charge in [0.2, 0.25) is 0 Å². The van der Waals surface area contributed by atoms with Gasteiger partial charge in [0.05, 0.1) is 7.11 Å². The largest absolute Gasteiger partial charge is 0.496 e. The van der Waals surface area contributed by atoms with Crippen LogP contribution < -0.4 is 10.5 Å². The lowest BCUT2D eigenvalue weighted by molar-refractivity contribution is 0.151. The highest BCUT2D eigenvalue weighted by Crippen LogP contribution is 2.27. The van der Waals surface area contributed by atoms with Gasteiger partial charge in [-0.1, -0.05) is 11.6 Å². The molecule has 0 heterocycles. The monoisotopic (exact) mass is 263 g/mol. The summed E-state index contributed by atoms with van der Waals surface area (Å²) in [5.74, 6) is 0.955. The Morgan fingerprint density at radius 1 is 1.53 bits per heavy atom. The quantitative estimate of drug-likeness (QED) is 0.367. The first-order valence-electron chi connectivity index (χ1n) is 6.50. The molecule has 0 spiro atoms. The van der Waals surface area contributed by atoms with E-state index in [1.807, 2.05) is 12.1 Å². The van der Waals surface area contributed by atoms with Crippen LogP contribution in [0.15, 0.2) is 23.4 Å². The summed E-state index contributed by atoms with van der Waals surface area (Å²) in [7, 11) is 3.78. The molecule has 0 aliphatic heterocycles. The van der Waals surface area contributed by atoms with E-state index in [1.54, 1.807) is 13.2 Å². The van der Waals surface area contributed by atoms with Gasteiger partial charge < -0.3 is 15.7 Å². The highest BCUT2D eigenvalue weighted by molar-refractivity contribution is 5.97. The highest BCUT2D eigenvalue weighted by Gasteiger charge is 2.22. The first-order valence-corrected chi connectivity index (χ1v) is 6.50. The lowest BCUT2D eigenvalue weighted by Crippen LogP contribution is -2.36. The summed E-state index contributed by atoms with van der Waals surface area (Å²) in [6, 6.07) is 6.23. The fraction of sp³-hybridized carbons (Fsp3) is 0.500. The van der Waals surface area contributed by atoms with Crippen LogP contribution in [-0.2, 0) is 6.54 Å². The van der Waals surface area contributed by atoms with E-state index >= 15 is 0 Å². The number of rotatable bonds is 5. The van der Waals surface area contributed by atoms with Crippen LogP contribution in [0.3, 0.4) is 0 Å². The third-order valence-electron chi connectivity index (χ3n) is 3.80. The number of amidine groups is 1. The summed E-state index contributed by atoms with van der Waals surface area (Å²) in [5, 5.41) is 11.8. The number of oxime groups is 1. The lowest BCUT2D eigenvalue weighted by Gasteiger charge is -2.35. The summed E-state index contributed by atoms with van der Waals surface area (Å²) >= 11 is 0. The Kier molecular flexibility index (Phi) is 4.27. The van der Waals surface area contributed by atoms with E-state index in [2.05, 4.69) is 17.1 Å². The molecule has 0 bridgehead atoms. The third kappa shape index (κ3) is 2.98. The van der Waals surface area contributed by atoms with Gasteiger partial charge in [-0.2, -0.15) is 0 Å². The molecule has 0 atom stereocenters. The Labute approximate surface area is 113 Å². The molecule has 0 amide bonds. The maximum absolute atomic E-state index is 8.74. The van der Waals surface area contributed by atoms with E-state index in [-0.39, 0.29) is 5.84 Å². The smallest absolute Gasteiger partial charge is 0.170 e. The molecule has 19 heavy (non-hydrogen) atoms. The van der Waals surface area contributed by atoms with Crippen LogP contribution in [0.4, 0.5) is 0 Å². The number of hydrogen-bond donors (Lipinski definition) is 2. The number of nitrogens with zero attached hydrogens (tertiary/aromatic N) is 2. The predicted octanol–water partition coefficient (Wildman–Crippen LogP) is 1.77. The maximum atomic E-state index is 8.74. The zero-order chi connectivity index (χ0) is 13.8. The molecule has 104 valence electrons. The second-order valence-corrected chi connectivity index (χ2v) is 5.01. The summed E-state index contributed by atoms with van der Waals surface area (Å²) in [6.07, 6.45) is 3.84. The van der Waals surface area contributed by atoms with Crippen molar-refractivity contribution in [3.8, 4) is 5.75 Å². The molecular weight excluding hydrogens is 242 g/mol. The fourth-order valence-corrected chi connectivity index (χ4v) is 2.34. The van der Waals surface area contributed by atoms with Gasteiger partial charge in [-0.3, -0.25) is 4.90 Å². The molecule has 5 nitrogen and oxygen atoms in total. The standard InChI is InChI=1S/C14H21N3O2/c1-17(12-4-3-5-12)9-11-8-10(14(15)16-18)6-7-13(11)19-2/h6-8,12,18H,3-5,9H2,1-2H3,(H2,15,16). The molecule has 1 aromatic carbocycles. The minimum absolute atomic E-state index is 0.121. The van der Waals surface area contributed by atoms with E-state index in [0.717, 1.165) is 17.9 Å². The SMILES string of the molecule is COc1ccc(/C(N)=N/O)cc1CN(C)C1CCC1. The molecule has 3 N–H and O–H groups in total. The van der Waals surface area contributed by atoms with Gasteiger partial charge in [-0.15, -0.1) is 0 Å².